The molecule has 1 aromatic heterocycles. The van der Waals surface area contributed by atoms with Crippen molar-refractivity contribution in [3.8, 4) is 0 Å². The molecule has 3 heterocycles. The molecule has 0 aromatic carbocycles. The second-order valence-corrected chi connectivity index (χ2v) is 9.16. The number of esters is 3. The van der Waals surface area contributed by atoms with E-state index in [9.17, 15) is 44.1 Å². The maximum atomic E-state index is 12.5. The minimum absolute atomic E-state index is 0.344. The van der Waals surface area contributed by atoms with Crippen LogP contribution in [0.4, 0.5) is 0 Å². The van der Waals surface area contributed by atoms with Crippen LogP contribution in [0, 0.1) is 0 Å². The van der Waals surface area contributed by atoms with Crippen LogP contribution in [0.3, 0.4) is 0 Å². The van der Waals surface area contributed by atoms with Crippen LogP contribution >= 0.6 is 0 Å². The molecule has 0 spiro atoms. The number of carbonyl (C=O) groups excluding carboxylic acids is 4. The first-order valence-corrected chi connectivity index (χ1v) is 12.3. The van der Waals surface area contributed by atoms with Crippen molar-refractivity contribution in [2.45, 2.75) is 76.0 Å². The molecule has 1 amide bonds. The van der Waals surface area contributed by atoms with Crippen molar-refractivity contribution >= 4 is 23.8 Å². The Hall–Kier alpha value is -3.68. The molecular weight excluding hydrogens is 558 g/mol. The highest BCUT2D eigenvalue weighted by Gasteiger charge is 2.50. The highest BCUT2D eigenvalue weighted by atomic mass is 16.7. The molecule has 5 N–H and O–H groups in total. The van der Waals surface area contributed by atoms with Crippen molar-refractivity contribution in [1.82, 2.24) is 14.9 Å². The number of nitrogens with one attached hydrogen (secondary N) is 2. The number of nitrogens with zero attached hydrogens (tertiary/aromatic N) is 1. The molecule has 0 radical (unpaired) electrons. The summed E-state index contributed by atoms with van der Waals surface area (Å²) in [6.45, 7) is 1.68. The van der Waals surface area contributed by atoms with Gasteiger partial charge in [0.2, 0.25) is 5.91 Å². The fraction of sp³-hybridized carbons (Fsp3) is 0.652. The molecule has 0 bridgehead atoms. The molecule has 0 saturated carbocycles. The summed E-state index contributed by atoms with van der Waals surface area (Å²) in [5, 5.41) is 33.7. The highest BCUT2D eigenvalue weighted by molar-refractivity contribution is 5.77. The molecule has 3 rings (SSSR count). The van der Waals surface area contributed by atoms with E-state index in [0.717, 1.165) is 37.6 Å². The summed E-state index contributed by atoms with van der Waals surface area (Å²) in [6.07, 6.45) is -12.0. The quantitative estimate of drug-likeness (QED) is 0.128. The summed E-state index contributed by atoms with van der Waals surface area (Å²) < 4.78 is 32.4. The third kappa shape index (κ3) is 8.18. The third-order valence-electron chi connectivity index (χ3n) is 6.01. The van der Waals surface area contributed by atoms with Gasteiger partial charge >= 0.3 is 23.6 Å². The number of hydrogen-bond donors (Lipinski definition) is 5. The maximum Gasteiger partial charge on any atom is 0.330 e. The molecular formula is C23H31N3O15. The first-order chi connectivity index (χ1) is 19.3. The second-order valence-electron chi connectivity index (χ2n) is 9.16. The van der Waals surface area contributed by atoms with Crippen LogP contribution < -0.4 is 16.6 Å². The summed E-state index contributed by atoms with van der Waals surface area (Å²) >= 11 is 0. The first kappa shape index (κ1) is 31.8. The summed E-state index contributed by atoms with van der Waals surface area (Å²) in [6, 6.07) is 1.02. The average Bonchev–Trinajstić information content (AvgIpc) is 3.16. The zero-order chi connectivity index (χ0) is 30.4. The molecule has 9 atom stereocenters. The van der Waals surface area contributed by atoms with E-state index < -0.39 is 104 Å². The molecule has 1 aromatic rings. The van der Waals surface area contributed by atoms with Crippen LogP contribution in [0.2, 0.25) is 0 Å². The smallest absolute Gasteiger partial charge is 0.330 e. The molecule has 2 aliphatic heterocycles. The maximum absolute atomic E-state index is 12.5. The summed E-state index contributed by atoms with van der Waals surface area (Å²) in [4.78, 5) is 72.3. The van der Waals surface area contributed by atoms with Crippen molar-refractivity contribution in [1.29, 1.82) is 0 Å². The van der Waals surface area contributed by atoms with Gasteiger partial charge in [-0.2, -0.15) is 0 Å². The van der Waals surface area contributed by atoms with Gasteiger partial charge in [-0.15, -0.1) is 0 Å². The SMILES string of the molecule is CC(=O)OC[C@H]1O[C@H](OCC(=O)NC[C@H]2O[C@@H](n3ccc(=O)[nH]c3=O)[C@H](O)[C@@H]2O)[C@H](O)[C@@H](OC(C)=O)[C@@H]1OC(C)=O. The molecule has 228 valence electrons. The average molecular weight is 590 g/mol. The van der Waals surface area contributed by atoms with Crippen LogP contribution in [-0.4, -0.2) is 117 Å². The fourth-order valence-corrected chi connectivity index (χ4v) is 4.20. The fourth-order valence-electron chi connectivity index (χ4n) is 4.20. The van der Waals surface area contributed by atoms with E-state index in [0.29, 0.717) is 0 Å². The van der Waals surface area contributed by atoms with Crippen molar-refractivity contribution in [3.05, 3.63) is 33.1 Å². The number of aliphatic hydroxyl groups excluding tert-OH is 3. The van der Waals surface area contributed by atoms with Gasteiger partial charge in [0, 0.05) is 39.6 Å². The normalized spacial score (nSPS) is 31.2. The van der Waals surface area contributed by atoms with E-state index in [1.165, 1.54) is 0 Å². The van der Waals surface area contributed by atoms with Gasteiger partial charge < -0.3 is 49.1 Å². The number of hydrogen-bond acceptors (Lipinski definition) is 15. The van der Waals surface area contributed by atoms with E-state index in [1.807, 2.05) is 4.98 Å². The van der Waals surface area contributed by atoms with E-state index in [-0.39, 0.29) is 6.54 Å². The first-order valence-electron chi connectivity index (χ1n) is 12.3. The lowest BCUT2D eigenvalue weighted by Gasteiger charge is -2.42. The Morgan fingerprint density at radius 3 is 2.20 bits per heavy atom. The molecule has 0 aliphatic carbocycles. The lowest BCUT2D eigenvalue weighted by Crippen LogP contribution is -2.62. The van der Waals surface area contributed by atoms with Crippen LogP contribution in [0.5, 0.6) is 0 Å². The number of aromatic amines is 1. The number of ether oxygens (including phenoxy) is 6. The van der Waals surface area contributed by atoms with Gasteiger partial charge in [0.05, 0.1) is 0 Å². The van der Waals surface area contributed by atoms with Crippen molar-refractivity contribution in [2.75, 3.05) is 19.8 Å². The van der Waals surface area contributed by atoms with Crippen molar-refractivity contribution in [3.63, 3.8) is 0 Å². The molecule has 41 heavy (non-hydrogen) atoms. The number of aliphatic hydroxyl groups is 3. The summed E-state index contributed by atoms with van der Waals surface area (Å²) in [7, 11) is 0. The minimum Gasteiger partial charge on any atom is -0.463 e. The Kier molecular flexibility index (Phi) is 10.7. The predicted molar refractivity (Wildman–Crippen MR) is 129 cm³/mol. The largest absolute Gasteiger partial charge is 0.463 e. The Balaban J connectivity index is 1.61. The van der Waals surface area contributed by atoms with Gasteiger partial charge in [-0.05, 0) is 0 Å². The predicted octanol–water partition coefficient (Wildman–Crippen LogP) is -4.20. The van der Waals surface area contributed by atoms with Crippen LogP contribution in [0.25, 0.3) is 0 Å². The van der Waals surface area contributed by atoms with Gasteiger partial charge in [-0.1, -0.05) is 0 Å². The van der Waals surface area contributed by atoms with Gasteiger partial charge in [-0.3, -0.25) is 33.5 Å². The molecule has 2 aliphatic rings. The monoisotopic (exact) mass is 589 g/mol. The van der Waals surface area contributed by atoms with E-state index in [2.05, 4.69) is 5.32 Å². The summed E-state index contributed by atoms with van der Waals surface area (Å²) in [5.74, 6) is -3.13. The number of carbonyl (C=O) groups is 4. The van der Waals surface area contributed by atoms with Crippen LogP contribution in [-0.2, 0) is 47.6 Å². The second kappa shape index (κ2) is 13.8. The lowest BCUT2D eigenvalue weighted by atomic mass is 9.98. The van der Waals surface area contributed by atoms with Crippen LogP contribution in [0.15, 0.2) is 21.9 Å². The molecule has 18 nitrogen and oxygen atoms in total. The Labute approximate surface area is 231 Å². The highest BCUT2D eigenvalue weighted by Crippen LogP contribution is 2.29. The number of amides is 1. The van der Waals surface area contributed by atoms with E-state index >= 15 is 0 Å². The van der Waals surface area contributed by atoms with Crippen molar-refractivity contribution < 1.29 is 62.9 Å². The van der Waals surface area contributed by atoms with E-state index in [4.69, 9.17) is 28.4 Å². The zero-order valence-electron chi connectivity index (χ0n) is 22.2. The van der Waals surface area contributed by atoms with Gasteiger partial charge in [0.15, 0.2) is 24.7 Å². The molecule has 2 fully saturated rings. The minimum atomic E-state index is -1.74. The standard InChI is InChI=1S/C23H31N3O15/c1-9(27)36-7-13-19(38-10(2)28)20(39-11(3)29)18(34)22(41-13)37-8-15(31)24-6-12-16(32)17(33)21(40-12)26-5-4-14(30)25-23(26)35/h4-5,12-13,16-22,32-34H,6-8H2,1-3H3,(H,24,31)(H,25,30,35)/t12-,13-,16-,17-,18-,19-,20-,21-,22+/m1/s1. The molecule has 18 heteroatoms. The molecule has 0 unspecified atom stereocenters. The Morgan fingerprint density at radius 1 is 0.927 bits per heavy atom. The number of rotatable bonds is 10. The Bertz CT molecular complexity index is 1230. The summed E-state index contributed by atoms with van der Waals surface area (Å²) in [5.41, 5.74) is -1.55. The topological polar surface area (TPSA) is 251 Å². The number of H-pyrrole nitrogens is 1. The van der Waals surface area contributed by atoms with Gasteiger partial charge in [-0.25, -0.2) is 4.79 Å². The van der Waals surface area contributed by atoms with Crippen molar-refractivity contribution in [2.24, 2.45) is 0 Å². The Morgan fingerprint density at radius 2 is 1.59 bits per heavy atom. The number of aromatic nitrogens is 2. The van der Waals surface area contributed by atoms with Crippen LogP contribution in [0.1, 0.15) is 27.0 Å². The molecule has 2 saturated heterocycles. The third-order valence-corrected chi connectivity index (χ3v) is 6.01. The lowest BCUT2D eigenvalue weighted by molar-refractivity contribution is -0.304. The van der Waals surface area contributed by atoms with E-state index in [1.54, 1.807) is 0 Å². The van der Waals surface area contributed by atoms with Gasteiger partial charge in [0.1, 0.15) is 43.7 Å². The zero-order valence-corrected chi connectivity index (χ0v) is 22.2. The van der Waals surface area contributed by atoms with Gasteiger partial charge in [0.25, 0.3) is 5.56 Å².